The molecule has 11 heteroatoms. The molecule has 2 fully saturated rings. The molecular formula is C31H35ClFN5O4. The number of halogens is 2. The lowest BCUT2D eigenvalue weighted by Gasteiger charge is -2.32. The Balaban J connectivity index is 1.30. The number of ether oxygens (including phenoxy) is 2. The molecule has 0 atom stereocenters. The van der Waals surface area contributed by atoms with Crippen molar-refractivity contribution < 1.29 is 23.5 Å². The highest BCUT2D eigenvalue weighted by molar-refractivity contribution is 6.31. The zero-order valence-corrected chi connectivity index (χ0v) is 24.7. The van der Waals surface area contributed by atoms with E-state index >= 15 is 0 Å². The molecule has 0 bridgehead atoms. The largest absolute Gasteiger partial charge is 0.491 e. The SMILES string of the molecule is CC(C)(C)OC(=O)N1CCC(/C=C/C(=O)Nc2cc3c(Nc4ccc(F)c(Cl)c4)ncnc3cc2OCC2CC2)CC1. The van der Waals surface area contributed by atoms with Gasteiger partial charge in [0.25, 0.3) is 0 Å². The van der Waals surface area contributed by atoms with Gasteiger partial charge in [-0.15, -0.1) is 0 Å². The highest BCUT2D eigenvalue weighted by Crippen LogP contribution is 2.36. The predicted molar refractivity (Wildman–Crippen MR) is 161 cm³/mol. The molecular weight excluding hydrogens is 561 g/mol. The van der Waals surface area contributed by atoms with Crippen molar-refractivity contribution in [3.05, 3.63) is 59.7 Å². The number of nitrogens with zero attached hydrogens (tertiary/aromatic N) is 3. The number of hydrogen-bond donors (Lipinski definition) is 2. The molecule has 0 unspecified atom stereocenters. The van der Waals surface area contributed by atoms with Gasteiger partial charge in [0, 0.05) is 30.2 Å². The molecule has 2 amide bonds. The molecule has 222 valence electrons. The summed E-state index contributed by atoms with van der Waals surface area (Å²) in [6, 6.07) is 7.87. The topological polar surface area (TPSA) is 106 Å². The number of amides is 2. The Morgan fingerprint density at radius 3 is 2.57 bits per heavy atom. The van der Waals surface area contributed by atoms with E-state index < -0.39 is 11.4 Å². The number of nitrogens with one attached hydrogen (secondary N) is 2. The third-order valence-electron chi connectivity index (χ3n) is 7.06. The second-order valence-corrected chi connectivity index (χ2v) is 12.2. The van der Waals surface area contributed by atoms with Gasteiger partial charge in [-0.05, 0) is 88.6 Å². The van der Waals surface area contributed by atoms with E-state index in [0.29, 0.717) is 59.5 Å². The number of allylic oxidation sites excluding steroid dienone is 1. The van der Waals surface area contributed by atoms with E-state index in [1.165, 1.54) is 24.5 Å². The van der Waals surface area contributed by atoms with Gasteiger partial charge in [0.2, 0.25) is 5.91 Å². The van der Waals surface area contributed by atoms with Crippen LogP contribution >= 0.6 is 11.6 Å². The van der Waals surface area contributed by atoms with Crippen molar-refractivity contribution in [2.24, 2.45) is 11.8 Å². The number of likely N-dealkylation sites (tertiary alicyclic amines) is 1. The fourth-order valence-corrected chi connectivity index (χ4v) is 4.78. The Morgan fingerprint density at radius 1 is 1.12 bits per heavy atom. The predicted octanol–water partition coefficient (Wildman–Crippen LogP) is 7.10. The van der Waals surface area contributed by atoms with Gasteiger partial charge in [-0.25, -0.2) is 19.2 Å². The summed E-state index contributed by atoms with van der Waals surface area (Å²) in [4.78, 5) is 35.8. The smallest absolute Gasteiger partial charge is 0.410 e. The summed E-state index contributed by atoms with van der Waals surface area (Å²) in [5, 5.41) is 6.75. The van der Waals surface area contributed by atoms with Crippen molar-refractivity contribution >= 4 is 51.7 Å². The van der Waals surface area contributed by atoms with Crippen LogP contribution in [0.1, 0.15) is 46.5 Å². The second-order valence-electron chi connectivity index (χ2n) is 11.7. The van der Waals surface area contributed by atoms with Crippen molar-refractivity contribution in [3.8, 4) is 5.75 Å². The lowest BCUT2D eigenvalue weighted by Crippen LogP contribution is -2.41. The summed E-state index contributed by atoms with van der Waals surface area (Å²) in [6.45, 7) is 7.26. The number of piperidine rings is 1. The van der Waals surface area contributed by atoms with E-state index in [2.05, 4.69) is 20.6 Å². The number of fused-ring (bicyclic) bond motifs is 1. The van der Waals surface area contributed by atoms with Crippen molar-refractivity contribution in [1.82, 2.24) is 14.9 Å². The number of benzene rings is 2. The molecule has 42 heavy (non-hydrogen) atoms. The first-order valence-corrected chi connectivity index (χ1v) is 14.5. The van der Waals surface area contributed by atoms with Crippen LogP contribution < -0.4 is 15.4 Å². The monoisotopic (exact) mass is 595 g/mol. The van der Waals surface area contributed by atoms with Gasteiger partial charge < -0.3 is 25.0 Å². The van der Waals surface area contributed by atoms with Crippen molar-refractivity contribution in [3.63, 3.8) is 0 Å². The standard InChI is InChI=1S/C31H35ClFN5O4/c1-31(2,3)42-30(40)38-12-10-19(11-13-38)6-9-28(39)37-26-15-22-25(16-27(26)41-17-20-4-5-20)34-18-35-29(22)36-21-7-8-24(33)23(32)14-21/h6-9,14-16,18-20H,4-5,10-13,17H2,1-3H3,(H,37,39)(H,34,35,36)/b9-6+. The minimum atomic E-state index is -0.534. The zero-order valence-electron chi connectivity index (χ0n) is 24.0. The molecule has 2 heterocycles. The Labute approximate surface area is 249 Å². The van der Waals surface area contributed by atoms with Crippen LogP contribution in [0.4, 0.5) is 26.4 Å². The molecule has 1 aliphatic carbocycles. The second kappa shape index (κ2) is 12.5. The Kier molecular flexibility index (Phi) is 8.82. The maximum Gasteiger partial charge on any atom is 0.410 e. The van der Waals surface area contributed by atoms with E-state index in [4.69, 9.17) is 21.1 Å². The van der Waals surface area contributed by atoms with Gasteiger partial charge in [-0.1, -0.05) is 17.7 Å². The molecule has 5 rings (SSSR count). The zero-order chi connectivity index (χ0) is 29.9. The average Bonchev–Trinajstić information content (AvgIpc) is 3.77. The van der Waals surface area contributed by atoms with Crippen LogP contribution in [0, 0.1) is 17.7 Å². The minimum Gasteiger partial charge on any atom is -0.491 e. The molecule has 1 saturated carbocycles. The van der Waals surface area contributed by atoms with Crippen LogP contribution in [0.5, 0.6) is 5.75 Å². The fraction of sp³-hybridized carbons (Fsp3) is 0.419. The third-order valence-corrected chi connectivity index (χ3v) is 7.35. The number of rotatable bonds is 8. The summed E-state index contributed by atoms with van der Waals surface area (Å²) >= 11 is 5.96. The van der Waals surface area contributed by atoms with Crippen molar-refractivity contribution in [1.29, 1.82) is 0 Å². The van der Waals surface area contributed by atoms with E-state index in [1.54, 1.807) is 23.1 Å². The maximum absolute atomic E-state index is 13.7. The fourth-order valence-electron chi connectivity index (χ4n) is 4.60. The van der Waals surface area contributed by atoms with E-state index in [9.17, 15) is 14.0 Å². The summed E-state index contributed by atoms with van der Waals surface area (Å²) in [5.74, 6) is 0.871. The van der Waals surface area contributed by atoms with Crippen LogP contribution in [0.2, 0.25) is 5.02 Å². The van der Waals surface area contributed by atoms with Gasteiger partial charge >= 0.3 is 6.09 Å². The molecule has 0 radical (unpaired) electrons. The average molecular weight is 596 g/mol. The summed E-state index contributed by atoms with van der Waals surface area (Å²) in [6.07, 6.45) is 8.28. The molecule has 3 aromatic rings. The van der Waals surface area contributed by atoms with Crippen LogP contribution in [-0.2, 0) is 9.53 Å². The lowest BCUT2D eigenvalue weighted by molar-refractivity contribution is -0.112. The van der Waals surface area contributed by atoms with Crippen LogP contribution in [0.25, 0.3) is 10.9 Å². The van der Waals surface area contributed by atoms with Crippen molar-refractivity contribution in [2.75, 3.05) is 30.3 Å². The Bertz CT molecular complexity index is 1500. The van der Waals surface area contributed by atoms with Gasteiger partial charge in [-0.3, -0.25) is 4.79 Å². The van der Waals surface area contributed by atoms with Gasteiger partial charge in [-0.2, -0.15) is 0 Å². The molecule has 1 aromatic heterocycles. The maximum atomic E-state index is 13.7. The molecule has 1 saturated heterocycles. The highest BCUT2D eigenvalue weighted by atomic mass is 35.5. The molecule has 2 aliphatic rings. The molecule has 2 aromatic carbocycles. The summed E-state index contributed by atoms with van der Waals surface area (Å²) < 4.78 is 25.2. The van der Waals surface area contributed by atoms with Gasteiger partial charge in [0.15, 0.2) is 0 Å². The first-order valence-electron chi connectivity index (χ1n) is 14.1. The van der Waals surface area contributed by atoms with E-state index in [-0.39, 0.29) is 22.9 Å². The molecule has 1 aliphatic heterocycles. The highest BCUT2D eigenvalue weighted by Gasteiger charge is 2.26. The van der Waals surface area contributed by atoms with E-state index in [0.717, 1.165) is 25.7 Å². The third kappa shape index (κ3) is 7.88. The summed E-state index contributed by atoms with van der Waals surface area (Å²) in [5.41, 5.74) is 1.14. The number of aromatic nitrogens is 2. The van der Waals surface area contributed by atoms with Crippen LogP contribution in [0.15, 0.2) is 48.8 Å². The number of carbonyl (C=O) groups excluding carboxylic acids is 2. The normalized spacial score (nSPS) is 16.1. The first kappa shape index (κ1) is 29.6. The van der Waals surface area contributed by atoms with Crippen molar-refractivity contribution in [2.45, 2.75) is 52.1 Å². The number of carbonyl (C=O) groups is 2. The lowest BCUT2D eigenvalue weighted by atomic mass is 9.96. The Morgan fingerprint density at radius 2 is 1.88 bits per heavy atom. The molecule has 2 N–H and O–H groups in total. The minimum absolute atomic E-state index is 0.00984. The Hall–Kier alpha value is -3.92. The van der Waals surface area contributed by atoms with Gasteiger partial charge in [0.05, 0.1) is 22.8 Å². The molecule has 9 nitrogen and oxygen atoms in total. The molecule has 0 spiro atoms. The number of hydrogen-bond acceptors (Lipinski definition) is 7. The quantitative estimate of drug-likeness (QED) is 0.268. The van der Waals surface area contributed by atoms with E-state index in [1.807, 2.05) is 26.8 Å². The number of anilines is 3. The van der Waals surface area contributed by atoms with Crippen LogP contribution in [-0.4, -0.2) is 52.2 Å². The summed E-state index contributed by atoms with van der Waals surface area (Å²) in [7, 11) is 0. The van der Waals surface area contributed by atoms with Gasteiger partial charge in [0.1, 0.15) is 29.3 Å². The first-order chi connectivity index (χ1) is 20.0. The van der Waals surface area contributed by atoms with Crippen LogP contribution in [0.3, 0.4) is 0 Å².